The highest BCUT2D eigenvalue weighted by molar-refractivity contribution is 4.66. The Balaban J connectivity index is -0.000000246. The summed E-state index contributed by atoms with van der Waals surface area (Å²) in [6.07, 6.45) is 11.8. The molecule has 0 N–H and O–H groups in total. The van der Waals surface area contributed by atoms with Gasteiger partial charge in [-0.2, -0.15) is 0 Å². The molecule has 0 atom stereocenters. The maximum atomic E-state index is 2.37. The summed E-state index contributed by atoms with van der Waals surface area (Å²) >= 11 is 0. The van der Waals surface area contributed by atoms with Crippen LogP contribution in [-0.2, 0) is 0 Å². The standard InChI is InChI=1S/2C8H16.3C2H6/c2*1-7-3-5-8(2)6-4-7;3*1-2/h2*7-8H,3-6H2,1-2H3;3*1-2H3. The average molecular weight is 315 g/mol. The molecule has 2 aliphatic rings. The van der Waals surface area contributed by atoms with E-state index in [0.717, 1.165) is 23.7 Å². The Morgan fingerprint density at radius 2 is 0.409 bits per heavy atom. The van der Waals surface area contributed by atoms with Crippen LogP contribution in [0, 0.1) is 23.7 Å². The fourth-order valence-corrected chi connectivity index (χ4v) is 2.85. The SMILES string of the molecule is CC.CC.CC.CC1CCC(C)CC1.CC1CCC(C)CC1. The Morgan fingerprint density at radius 1 is 0.318 bits per heavy atom. The van der Waals surface area contributed by atoms with Gasteiger partial charge in [0, 0.05) is 0 Å². The highest BCUT2D eigenvalue weighted by Gasteiger charge is 2.13. The summed E-state index contributed by atoms with van der Waals surface area (Å²) in [5, 5.41) is 0. The summed E-state index contributed by atoms with van der Waals surface area (Å²) in [4.78, 5) is 0. The zero-order chi connectivity index (χ0) is 18.0. The van der Waals surface area contributed by atoms with Gasteiger partial charge in [-0.05, 0) is 23.7 Å². The van der Waals surface area contributed by atoms with Crippen LogP contribution >= 0.6 is 0 Å². The van der Waals surface area contributed by atoms with Gasteiger partial charge >= 0.3 is 0 Å². The van der Waals surface area contributed by atoms with Gasteiger partial charge in [0.05, 0.1) is 0 Å². The molecule has 0 spiro atoms. The molecule has 0 heterocycles. The first-order valence-corrected chi connectivity index (χ1v) is 10.6. The minimum Gasteiger partial charge on any atom is -0.0683 e. The molecule has 2 rings (SSSR count). The maximum absolute atomic E-state index is 2.37. The van der Waals surface area contributed by atoms with Gasteiger partial charge in [0.15, 0.2) is 0 Å². The molecular weight excluding hydrogens is 264 g/mol. The summed E-state index contributed by atoms with van der Waals surface area (Å²) in [5.41, 5.74) is 0. The third kappa shape index (κ3) is 18.1. The van der Waals surface area contributed by atoms with Crippen LogP contribution in [0.25, 0.3) is 0 Å². The van der Waals surface area contributed by atoms with Gasteiger partial charge in [-0.15, -0.1) is 0 Å². The van der Waals surface area contributed by atoms with Crippen molar-refractivity contribution in [1.82, 2.24) is 0 Å². The van der Waals surface area contributed by atoms with E-state index in [1.165, 1.54) is 51.4 Å². The second-order valence-corrected chi connectivity index (χ2v) is 6.73. The van der Waals surface area contributed by atoms with Gasteiger partial charge in [0.1, 0.15) is 0 Å². The Bertz CT molecular complexity index is 117. The number of hydrogen-bond acceptors (Lipinski definition) is 0. The van der Waals surface area contributed by atoms with E-state index in [0.29, 0.717) is 0 Å². The molecule has 0 aliphatic heterocycles. The maximum Gasteiger partial charge on any atom is -0.0443 e. The van der Waals surface area contributed by atoms with Crippen molar-refractivity contribution in [2.24, 2.45) is 23.7 Å². The monoisotopic (exact) mass is 314 g/mol. The zero-order valence-corrected chi connectivity index (χ0v) is 18.0. The highest BCUT2D eigenvalue weighted by atomic mass is 14.2. The van der Waals surface area contributed by atoms with Crippen molar-refractivity contribution in [2.75, 3.05) is 0 Å². The van der Waals surface area contributed by atoms with E-state index in [1.807, 2.05) is 41.5 Å². The van der Waals surface area contributed by atoms with E-state index in [2.05, 4.69) is 27.7 Å². The Kier molecular flexibility index (Phi) is 25.7. The van der Waals surface area contributed by atoms with Crippen LogP contribution in [0.4, 0.5) is 0 Å². The fraction of sp³-hybridized carbons (Fsp3) is 1.00. The van der Waals surface area contributed by atoms with Crippen LogP contribution in [0.3, 0.4) is 0 Å². The van der Waals surface area contributed by atoms with Crippen molar-refractivity contribution in [3.05, 3.63) is 0 Å². The lowest BCUT2D eigenvalue weighted by Crippen LogP contribution is -2.08. The second-order valence-electron chi connectivity index (χ2n) is 6.73. The molecule has 2 aliphatic carbocycles. The largest absolute Gasteiger partial charge is 0.0683 e. The molecule has 22 heavy (non-hydrogen) atoms. The molecule has 138 valence electrons. The molecule has 0 saturated heterocycles. The van der Waals surface area contributed by atoms with Crippen LogP contribution in [0.5, 0.6) is 0 Å². The zero-order valence-electron chi connectivity index (χ0n) is 18.0. The fourth-order valence-electron chi connectivity index (χ4n) is 2.85. The Hall–Kier alpha value is 0. The first-order chi connectivity index (χ1) is 10.6. The lowest BCUT2D eigenvalue weighted by Gasteiger charge is -2.22. The molecule has 0 nitrogen and oxygen atoms in total. The highest BCUT2D eigenvalue weighted by Crippen LogP contribution is 2.27. The van der Waals surface area contributed by atoms with E-state index in [-0.39, 0.29) is 0 Å². The lowest BCUT2D eigenvalue weighted by atomic mass is 9.84. The Labute approximate surface area is 144 Å². The molecule has 2 fully saturated rings. The average Bonchev–Trinajstić information content (AvgIpc) is 2.59. The predicted octanol–water partition coefficient (Wildman–Crippen LogP) is 8.74. The van der Waals surface area contributed by atoms with Crippen molar-refractivity contribution in [1.29, 1.82) is 0 Å². The quantitative estimate of drug-likeness (QED) is 0.419. The minimum absolute atomic E-state index is 1.02. The van der Waals surface area contributed by atoms with Gasteiger partial charge in [0.25, 0.3) is 0 Å². The van der Waals surface area contributed by atoms with Gasteiger partial charge in [-0.25, -0.2) is 0 Å². The molecule has 0 bridgehead atoms. The van der Waals surface area contributed by atoms with Gasteiger partial charge in [-0.1, -0.05) is 121 Å². The molecule has 0 aromatic rings. The van der Waals surface area contributed by atoms with Crippen molar-refractivity contribution in [3.63, 3.8) is 0 Å². The molecule has 2 saturated carbocycles. The molecule has 0 unspecified atom stereocenters. The van der Waals surface area contributed by atoms with Crippen LogP contribution in [0.15, 0.2) is 0 Å². The van der Waals surface area contributed by atoms with E-state index < -0.39 is 0 Å². The number of hydrogen-bond donors (Lipinski definition) is 0. The van der Waals surface area contributed by atoms with Gasteiger partial charge in [-0.3, -0.25) is 0 Å². The predicted molar refractivity (Wildman–Crippen MR) is 108 cm³/mol. The van der Waals surface area contributed by atoms with E-state index in [9.17, 15) is 0 Å². The van der Waals surface area contributed by atoms with Gasteiger partial charge in [0.2, 0.25) is 0 Å². The van der Waals surface area contributed by atoms with Gasteiger partial charge < -0.3 is 0 Å². The third-order valence-electron chi connectivity index (χ3n) is 4.61. The second kappa shape index (κ2) is 21.0. The van der Waals surface area contributed by atoms with Crippen LogP contribution < -0.4 is 0 Å². The molecular formula is C22H50. The van der Waals surface area contributed by atoms with E-state index >= 15 is 0 Å². The van der Waals surface area contributed by atoms with Crippen molar-refractivity contribution >= 4 is 0 Å². The summed E-state index contributed by atoms with van der Waals surface area (Å²) in [5.74, 6) is 4.08. The molecule has 0 aromatic carbocycles. The summed E-state index contributed by atoms with van der Waals surface area (Å²) in [6, 6.07) is 0. The first kappa shape index (κ1) is 26.9. The molecule has 0 amide bonds. The normalized spacial score (nSPS) is 29.7. The van der Waals surface area contributed by atoms with Crippen LogP contribution in [-0.4, -0.2) is 0 Å². The Morgan fingerprint density at radius 3 is 0.500 bits per heavy atom. The summed E-state index contributed by atoms with van der Waals surface area (Å²) < 4.78 is 0. The van der Waals surface area contributed by atoms with E-state index in [1.54, 1.807) is 0 Å². The third-order valence-corrected chi connectivity index (χ3v) is 4.61. The molecule has 0 aromatic heterocycles. The molecule has 0 radical (unpaired) electrons. The van der Waals surface area contributed by atoms with Crippen molar-refractivity contribution < 1.29 is 0 Å². The van der Waals surface area contributed by atoms with Crippen molar-refractivity contribution in [3.8, 4) is 0 Å². The smallest absolute Gasteiger partial charge is 0.0443 e. The topological polar surface area (TPSA) is 0 Å². The first-order valence-electron chi connectivity index (χ1n) is 10.6. The van der Waals surface area contributed by atoms with E-state index in [4.69, 9.17) is 0 Å². The molecule has 0 heteroatoms. The van der Waals surface area contributed by atoms with Crippen LogP contribution in [0.1, 0.15) is 121 Å². The van der Waals surface area contributed by atoms with Crippen molar-refractivity contribution in [2.45, 2.75) is 121 Å². The summed E-state index contributed by atoms with van der Waals surface area (Å²) in [7, 11) is 0. The van der Waals surface area contributed by atoms with Crippen LogP contribution in [0.2, 0.25) is 0 Å². The summed E-state index contributed by atoms with van der Waals surface area (Å²) in [6.45, 7) is 21.5. The number of rotatable bonds is 0. The lowest BCUT2D eigenvalue weighted by molar-refractivity contribution is 0.308. The minimum atomic E-state index is 1.02.